The van der Waals surface area contributed by atoms with Gasteiger partial charge in [0.05, 0.1) is 18.3 Å². The van der Waals surface area contributed by atoms with E-state index in [4.69, 9.17) is 5.10 Å². The molecule has 0 saturated carbocycles. The molecule has 1 heterocycles. The number of carbonyl (C=O) groups is 1. The lowest BCUT2D eigenvalue weighted by molar-refractivity contribution is -0.134. The quantitative estimate of drug-likeness (QED) is 0.366. The molecule has 4 heteroatoms. The summed E-state index contributed by atoms with van der Waals surface area (Å²) in [6.45, 7) is 3.15. The van der Waals surface area contributed by atoms with Crippen LogP contribution in [0.5, 0.6) is 0 Å². The molecule has 4 nitrogen and oxygen atoms in total. The highest BCUT2D eigenvalue weighted by Gasteiger charge is 2.33. The van der Waals surface area contributed by atoms with Crippen LogP contribution in [0.25, 0.3) is 10.8 Å². The van der Waals surface area contributed by atoms with Gasteiger partial charge in [0.15, 0.2) is 0 Å². The Morgan fingerprint density at radius 2 is 1.62 bits per heavy atom. The Labute approximate surface area is 201 Å². The van der Waals surface area contributed by atoms with Crippen LogP contribution in [0.2, 0.25) is 0 Å². The normalized spacial score (nSPS) is 15.7. The third-order valence-electron chi connectivity index (χ3n) is 6.54. The summed E-state index contributed by atoms with van der Waals surface area (Å²) in [7, 11) is 1.99. The van der Waals surface area contributed by atoms with Gasteiger partial charge in [-0.25, -0.2) is 5.01 Å². The van der Waals surface area contributed by atoms with E-state index in [0.717, 1.165) is 23.4 Å². The Bertz CT molecular complexity index is 1350. The van der Waals surface area contributed by atoms with Crippen LogP contribution in [-0.4, -0.2) is 35.1 Å². The van der Waals surface area contributed by atoms with Crippen molar-refractivity contribution in [3.05, 3.63) is 119 Å². The molecule has 0 N–H and O–H groups in total. The fourth-order valence-electron chi connectivity index (χ4n) is 4.66. The topological polar surface area (TPSA) is 35.9 Å². The van der Waals surface area contributed by atoms with Crippen molar-refractivity contribution in [3.63, 3.8) is 0 Å². The third-order valence-corrected chi connectivity index (χ3v) is 6.54. The van der Waals surface area contributed by atoms with Gasteiger partial charge in [0.2, 0.25) is 0 Å². The zero-order valence-electron chi connectivity index (χ0n) is 19.7. The molecule has 1 unspecified atom stereocenters. The van der Waals surface area contributed by atoms with Gasteiger partial charge < -0.3 is 0 Å². The van der Waals surface area contributed by atoms with Crippen LogP contribution in [0.1, 0.15) is 34.7 Å². The van der Waals surface area contributed by atoms with E-state index in [9.17, 15) is 4.79 Å². The van der Waals surface area contributed by atoms with Crippen molar-refractivity contribution in [3.8, 4) is 0 Å². The second-order valence-electron chi connectivity index (χ2n) is 9.08. The molecule has 0 aliphatic carbocycles. The van der Waals surface area contributed by atoms with Gasteiger partial charge in [0.25, 0.3) is 5.91 Å². The number of likely N-dealkylation sites (N-methyl/N-ethyl adjacent to an activating group) is 1. The largest absolute Gasteiger partial charge is 0.293 e. The number of hydrogen-bond donors (Lipinski definition) is 0. The van der Waals surface area contributed by atoms with Crippen molar-refractivity contribution in [2.24, 2.45) is 5.10 Å². The average molecular weight is 448 g/mol. The summed E-state index contributed by atoms with van der Waals surface area (Å²) in [4.78, 5) is 15.5. The highest BCUT2D eigenvalue weighted by atomic mass is 16.2. The molecule has 0 spiro atoms. The van der Waals surface area contributed by atoms with Crippen LogP contribution in [0, 0.1) is 6.92 Å². The van der Waals surface area contributed by atoms with Crippen molar-refractivity contribution in [1.82, 2.24) is 9.91 Å². The van der Waals surface area contributed by atoms with Crippen molar-refractivity contribution in [2.75, 3.05) is 13.6 Å². The van der Waals surface area contributed by atoms with E-state index in [2.05, 4.69) is 72.5 Å². The summed E-state index contributed by atoms with van der Waals surface area (Å²) < 4.78 is 0. The Kier molecular flexibility index (Phi) is 6.24. The van der Waals surface area contributed by atoms with E-state index in [-0.39, 0.29) is 11.9 Å². The van der Waals surface area contributed by atoms with Gasteiger partial charge in [-0.1, -0.05) is 91.0 Å². The highest BCUT2D eigenvalue weighted by molar-refractivity contribution is 6.05. The van der Waals surface area contributed by atoms with E-state index in [1.54, 1.807) is 5.01 Å². The lowest BCUT2D eigenvalue weighted by atomic mass is 9.97. The van der Waals surface area contributed by atoms with Gasteiger partial charge in [-0.3, -0.25) is 9.69 Å². The Morgan fingerprint density at radius 3 is 2.41 bits per heavy atom. The first kappa shape index (κ1) is 22.1. The molecular weight excluding hydrogens is 418 g/mol. The van der Waals surface area contributed by atoms with Crippen molar-refractivity contribution < 1.29 is 4.79 Å². The minimum Gasteiger partial charge on any atom is -0.293 e. The summed E-state index contributed by atoms with van der Waals surface area (Å²) in [5.74, 6) is 0.0146. The number of rotatable bonds is 6. The molecule has 1 aliphatic heterocycles. The predicted octanol–water partition coefficient (Wildman–Crippen LogP) is 5.96. The van der Waals surface area contributed by atoms with Crippen LogP contribution in [0.3, 0.4) is 0 Å². The second-order valence-corrected chi connectivity index (χ2v) is 9.08. The first-order chi connectivity index (χ1) is 16.6. The van der Waals surface area contributed by atoms with Gasteiger partial charge in [-0.2, -0.15) is 5.10 Å². The molecule has 34 heavy (non-hydrogen) atoms. The van der Waals surface area contributed by atoms with Crippen LogP contribution in [0.15, 0.2) is 102 Å². The van der Waals surface area contributed by atoms with Crippen LogP contribution >= 0.6 is 0 Å². The van der Waals surface area contributed by atoms with Gasteiger partial charge in [-0.05, 0) is 53.1 Å². The third kappa shape index (κ3) is 4.63. The Hall–Kier alpha value is -3.76. The molecule has 1 aliphatic rings. The lowest BCUT2D eigenvalue weighted by Crippen LogP contribution is -2.36. The molecule has 5 rings (SSSR count). The first-order valence-corrected chi connectivity index (χ1v) is 11.8. The molecule has 0 aromatic heterocycles. The monoisotopic (exact) mass is 447 g/mol. The van der Waals surface area contributed by atoms with Crippen molar-refractivity contribution in [2.45, 2.75) is 25.9 Å². The number of amides is 1. The average Bonchev–Trinajstić information content (AvgIpc) is 3.31. The number of hydrogen-bond acceptors (Lipinski definition) is 3. The van der Waals surface area contributed by atoms with Gasteiger partial charge in [0, 0.05) is 13.0 Å². The fourth-order valence-corrected chi connectivity index (χ4v) is 4.66. The molecule has 1 amide bonds. The van der Waals surface area contributed by atoms with Gasteiger partial charge >= 0.3 is 0 Å². The number of benzene rings is 4. The Morgan fingerprint density at radius 1 is 0.912 bits per heavy atom. The van der Waals surface area contributed by atoms with Crippen LogP contribution < -0.4 is 0 Å². The summed E-state index contributed by atoms with van der Waals surface area (Å²) in [6.07, 6.45) is 0.704. The van der Waals surface area contributed by atoms with E-state index in [1.807, 2.05) is 43.4 Å². The summed E-state index contributed by atoms with van der Waals surface area (Å²) >= 11 is 0. The minimum absolute atomic E-state index is 0.0146. The van der Waals surface area contributed by atoms with Crippen LogP contribution in [0.4, 0.5) is 0 Å². The molecule has 170 valence electrons. The maximum absolute atomic E-state index is 13.5. The van der Waals surface area contributed by atoms with E-state index in [1.165, 1.54) is 21.9 Å². The lowest BCUT2D eigenvalue weighted by Gasteiger charge is -2.25. The van der Waals surface area contributed by atoms with E-state index in [0.29, 0.717) is 13.0 Å². The zero-order valence-corrected chi connectivity index (χ0v) is 19.7. The van der Waals surface area contributed by atoms with Gasteiger partial charge in [-0.15, -0.1) is 0 Å². The predicted molar refractivity (Wildman–Crippen MR) is 139 cm³/mol. The molecule has 0 saturated heterocycles. The molecular formula is C30H29N3O. The number of fused-ring (bicyclic) bond motifs is 1. The van der Waals surface area contributed by atoms with E-state index < -0.39 is 0 Å². The van der Waals surface area contributed by atoms with Crippen LogP contribution in [-0.2, 0) is 11.3 Å². The highest BCUT2D eigenvalue weighted by Crippen LogP contribution is 2.33. The zero-order chi connectivity index (χ0) is 23.5. The maximum Gasteiger partial charge on any atom is 0.257 e. The second kappa shape index (κ2) is 9.62. The smallest absolute Gasteiger partial charge is 0.257 e. The molecule has 0 bridgehead atoms. The Balaban J connectivity index is 1.41. The SMILES string of the molecule is Cc1ccccc1CN(C)CC(=O)N1N=C(c2ccc3ccccc3c2)CC1c1ccccc1. The molecule has 0 radical (unpaired) electrons. The summed E-state index contributed by atoms with van der Waals surface area (Å²) in [6, 6.07) is 33.2. The van der Waals surface area contributed by atoms with Crippen molar-refractivity contribution in [1.29, 1.82) is 0 Å². The first-order valence-electron chi connectivity index (χ1n) is 11.8. The number of nitrogens with zero attached hydrogens (tertiary/aromatic N) is 3. The minimum atomic E-state index is -0.0953. The van der Waals surface area contributed by atoms with Gasteiger partial charge in [0.1, 0.15) is 0 Å². The number of carbonyl (C=O) groups excluding carboxylic acids is 1. The molecule has 4 aromatic rings. The summed E-state index contributed by atoms with van der Waals surface area (Å²) in [5.41, 5.74) is 5.61. The molecule has 1 atom stereocenters. The molecule has 0 fully saturated rings. The number of hydrazone groups is 1. The standard InChI is InChI=1S/C30H29N3O/c1-22-10-6-7-15-27(22)20-32(2)21-30(34)33-29(24-12-4-3-5-13-24)19-28(31-33)26-17-16-23-11-8-9-14-25(23)18-26/h3-18,29H,19-21H2,1-2H3. The summed E-state index contributed by atoms with van der Waals surface area (Å²) in [5, 5.41) is 8.96. The van der Waals surface area contributed by atoms with E-state index >= 15 is 0 Å². The maximum atomic E-state index is 13.5. The number of aryl methyl sites for hydroxylation is 1. The molecule has 4 aromatic carbocycles. The van der Waals surface area contributed by atoms with Crippen molar-refractivity contribution >= 4 is 22.4 Å². The fraction of sp³-hybridized carbons (Fsp3) is 0.200.